The van der Waals surface area contributed by atoms with Crippen molar-refractivity contribution in [3.63, 3.8) is 0 Å². The minimum absolute atomic E-state index is 0.217. The van der Waals surface area contributed by atoms with Crippen LogP contribution >= 0.6 is 0 Å². The molecule has 0 bridgehead atoms. The van der Waals surface area contributed by atoms with E-state index in [1.807, 2.05) is 0 Å². The zero-order chi connectivity index (χ0) is 11.3. The fourth-order valence-corrected chi connectivity index (χ4v) is 0.974. The van der Waals surface area contributed by atoms with Gasteiger partial charge >= 0.3 is 6.09 Å². The predicted molar refractivity (Wildman–Crippen MR) is 50.9 cm³/mol. The molecule has 0 aromatic rings. The lowest BCUT2D eigenvalue weighted by Crippen LogP contribution is -2.49. The monoisotopic (exact) mass is 203 g/mol. The van der Waals surface area contributed by atoms with E-state index < -0.39 is 18.2 Å². The first-order chi connectivity index (χ1) is 6.40. The van der Waals surface area contributed by atoms with Gasteiger partial charge in [0.25, 0.3) is 0 Å². The van der Waals surface area contributed by atoms with Gasteiger partial charge in [0.2, 0.25) is 0 Å². The van der Waals surface area contributed by atoms with E-state index in [4.69, 9.17) is 0 Å². The van der Waals surface area contributed by atoms with Crippen LogP contribution < -0.4 is 5.32 Å². The van der Waals surface area contributed by atoms with E-state index in [0.29, 0.717) is 0 Å². The number of amides is 1. The van der Waals surface area contributed by atoms with Crippen LogP contribution in [0.4, 0.5) is 4.79 Å². The van der Waals surface area contributed by atoms with E-state index in [1.165, 1.54) is 14.0 Å². The van der Waals surface area contributed by atoms with E-state index in [0.717, 1.165) is 0 Å². The molecule has 5 heteroatoms. The average molecular weight is 203 g/mol. The van der Waals surface area contributed by atoms with Crippen molar-refractivity contribution in [3.05, 3.63) is 0 Å². The summed E-state index contributed by atoms with van der Waals surface area (Å²) in [6.07, 6.45) is -1.64. The molecule has 0 heterocycles. The number of methoxy groups -OCH3 is 1. The van der Waals surface area contributed by atoms with Crippen LogP contribution in [0.3, 0.4) is 0 Å². The van der Waals surface area contributed by atoms with Crippen molar-refractivity contribution in [2.75, 3.05) is 7.11 Å². The molecule has 0 aliphatic heterocycles. The van der Waals surface area contributed by atoms with Crippen LogP contribution in [-0.4, -0.2) is 36.2 Å². The van der Waals surface area contributed by atoms with Crippen molar-refractivity contribution >= 4 is 11.9 Å². The zero-order valence-corrected chi connectivity index (χ0v) is 8.90. The highest BCUT2D eigenvalue weighted by Crippen LogP contribution is 2.04. The summed E-state index contributed by atoms with van der Waals surface area (Å²) < 4.78 is 4.35. The molecule has 0 saturated heterocycles. The number of Topliss-reactive ketones (excluding diaryl/α,β-unsaturated/α-hetero) is 1. The zero-order valence-electron chi connectivity index (χ0n) is 8.90. The third kappa shape index (κ3) is 3.74. The largest absolute Gasteiger partial charge is 0.453 e. The van der Waals surface area contributed by atoms with Gasteiger partial charge < -0.3 is 15.2 Å². The van der Waals surface area contributed by atoms with Crippen molar-refractivity contribution in [3.8, 4) is 0 Å². The van der Waals surface area contributed by atoms with Gasteiger partial charge in [0, 0.05) is 5.92 Å². The Labute approximate surface area is 83.4 Å². The van der Waals surface area contributed by atoms with E-state index in [1.54, 1.807) is 13.8 Å². The van der Waals surface area contributed by atoms with Gasteiger partial charge in [0.1, 0.15) is 6.04 Å². The van der Waals surface area contributed by atoms with Crippen LogP contribution in [0.15, 0.2) is 0 Å². The SMILES string of the molecule is COC(=O)N[C@H](C(=O)C(C)C)C(C)O. The summed E-state index contributed by atoms with van der Waals surface area (Å²) in [7, 11) is 1.20. The first kappa shape index (κ1) is 12.9. The van der Waals surface area contributed by atoms with Crippen LogP contribution in [0.2, 0.25) is 0 Å². The fraction of sp³-hybridized carbons (Fsp3) is 0.778. The highest BCUT2D eigenvalue weighted by molar-refractivity contribution is 5.89. The molecular formula is C9H17NO4. The van der Waals surface area contributed by atoms with Crippen molar-refractivity contribution in [1.82, 2.24) is 5.32 Å². The van der Waals surface area contributed by atoms with Gasteiger partial charge in [0.15, 0.2) is 5.78 Å². The molecule has 0 radical (unpaired) electrons. The van der Waals surface area contributed by atoms with Crippen molar-refractivity contribution in [1.29, 1.82) is 0 Å². The van der Waals surface area contributed by atoms with E-state index >= 15 is 0 Å². The Morgan fingerprint density at radius 3 is 2.07 bits per heavy atom. The Morgan fingerprint density at radius 2 is 1.79 bits per heavy atom. The molecule has 0 aromatic heterocycles. The maximum Gasteiger partial charge on any atom is 0.407 e. The van der Waals surface area contributed by atoms with E-state index in [-0.39, 0.29) is 11.7 Å². The molecule has 82 valence electrons. The summed E-state index contributed by atoms with van der Waals surface area (Å²) in [5, 5.41) is 11.6. The first-order valence-corrected chi connectivity index (χ1v) is 4.46. The molecule has 1 unspecified atom stereocenters. The van der Waals surface area contributed by atoms with Gasteiger partial charge in [-0.3, -0.25) is 4.79 Å². The topological polar surface area (TPSA) is 75.6 Å². The molecule has 0 aromatic carbocycles. The molecule has 0 aliphatic rings. The number of carbonyl (C=O) groups excluding carboxylic acids is 2. The number of nitrogens with one attached hydrogen (secondary N) is 1. The van der Waals surface area contributed by atoms with Gasteiger partial charge in [-0.1, -0.05) is 13.8 Å². The standard InChI is InChI=1S/C9H17NO4/c1-5(2)8(12)7(6(3)11)10-9(13)14-4/h5-7,11H,1-4H3,(H,10,13)/t6?,7-/m0/s1. The summed E-state index contributed by atoms with van der Waals surface area (Å²) >= 11 is 0. The van der Waals surface area contributed by atoms with Gasteiger partial charge in [-0.15, -0.1) is 0 Å². The maximum atomic E-state index is 11.5. The van der Waals surface area contributed by atoms with Crippen LogP contribution in [0, 0.1) is 5.92 Å². The molecule has 0 rings (SSSR count). The number of aliphatic hydroxyl groups is 1. The fourth-order valence-electron chi connectivity index (χ4n) is 0.974. The minimum atomic E-state index is -0.927. The van der Waals surface area contributed by atoms with Gasteiger partial charge in [0.05, 0.1) is 13.2 Å². The van der Waals surface area contributed by atoms with Crippen LogP contribution in [0.25, 0.3) is 0 Å². The second kappa shape index (κ2) is 5.59. The minimum Gasteiger partial charge on any atom is -0.453 e. The summed E-state index contributed by atoms with van der Waals surface area (Å²) in [4.78, 5) is 22.4. The molecule has 14 heavy (non-hydrogen) atoms. The molecule has 0 spiro atoms. The molecule has 5 nitrogen and oxygen atoms in total. The number of ether oxygens (including phenoxy) is 1. The Hall–Kier alpha value is -1.10. The predicted octanol–water partition coefficient (Wildman–Crippen LogP) is 0.317. The lowest BCUT2D eigenvalue weighted by Gasteiger charge is -2.21. The van der Waals surface area contributed by atoms with Gasteiger partial charge in [-0.25, -0.2) is 4.79 Å². The second-order valence-corrected chi connectivity index (χ2v) is 3.41. The number of hydrogen-bond donors (Lipinski definition) is 2. The molecule has 2 atom stereocenters. The molecule has 0 aliphatic carbocycles. The Kier molecular flexibility index (Phi) is 5.15. The van der Waals surface area contributed by atoms with Crippen molar-refractivity contribution in [2.24, 2.45) is 5.92 Å². The molecule has 0 saturated carbocycles. The molecule has 2 N–H and O–H groups in total. The molecule has 0 fully saturated rings. The highest BCUT2D eigenvalue weighted by atomic mass is 16.5. The number of carbonyl (C=O) groups is 2. The number of hydrogen-bond acceptors (Lipinski definition) is 4. The van der Waals surface area contributed by atoms with Crippen LogP contribution in [0.5, 0.6) is 0 Å². The van der Waals surface area contributed by atoms with Crippen LogP contribution in [-0.2, 0) is 9.53 Å². The third-order valence-corrected chi connectivity index (χ3v) is 1.82. The lowest BCUT2D eigenvalue weighted by atomic mass is 9.98. The second-order valence-electron chi connectivity index (χ2n) is 3.41. The normalized spacial score (nSPS) is 14.7. The Morgan fingerprint density at radius 1 is 1.29 bits per heavy atom. The number of aliphatic hydroxyl groups excluding tert-OH is 1. The highest BCUT2D eigenvalue weighted by Gasteiger charge is 2.27. The first-order valence-electron chi connectivity index (χ1n) is 4.46. The van der Waals surface area contributed by atoms with E-state index in [2.05, 4.69) is 10.1 Å². The Bertz CT molecular complexity index is 213. The smallest absolute Gasteiger partial charge is 0.407 e. The van der Waals surface area contributed by atoms with Gasteiger partial charge in [-0.05, 0) is 6.92 Å². The average Bonchev–Trinajstić information content (AvgIpc) is 2.11. The van der Waals surface area contributed by atoms with Gasteiger partial charge in [-0.2, -0.15) is 0 Å². The maximum absolute atomic E-state index is 11.5. The quantitative estimate of drug-likeness (QED) is 0.689. The summed E-state index contributed by atoms with van der Waals surface area (Å²) in [6, 6.07) is -0.901. The number of alkyl carbamates (subject to hydrolysis) is 1. The van der Waals surface area contributed by atoms with Crippen LogP contribution in [0.1, 0.15) is 20.8 Å². The Balaban J connectivity index is 4.45. The van der Waals surface area contributed by atoms with Crippen molar-refractivity contribution in [2.45, 2.75) is 32.9 Å². The molecule has 1 amide bonds. The van der Waals surface area contributed by atoms with E-state index in [9.17, 15) is 14.7 Å². The summed E-state index contributed by atoms with van der Waals surface area (Å²) in [6.45, 7) is 4.86. The lowest BCUT2D eigenvalue weighted by molar-refractivity contribution is -0.126. The summed E-state index contributed by atoms with van der Waals surface area (Å²) in [5.41, 5.74) is 0. The molecular weight excluding hydrogens is 186 g/mol. The number of rotatable bonds is 4. The summed E-state index contributed by atoms with van der Waals surface area (Å²) in [5.74, 6) is -0.461. The third-order valence-electron chi connectivity index (χ3n) is 1.82. The number of ketones is 1. The van der Waals surface area contributed by atoms with Crippen molar-refractivity contribution < 1.29 is 19.4 Å².